The van der Waals surface area contributed by atoms with Crippen LogP contribution in [0.3, 0.4) is 0 Å². The fraction of sp³-hybridized carbons (Fsp3) is 0.400. The number of methoxy groups -OCH3 is 1. The molecule has 0 spiro atoms. The smallest absolute Gasteiger partial charge is 0.465 e. The summed E-state index contributed by atoms with van der Waals surface area (Å²) in [4.78, 5) is 15.0. The molecular weight excluding hydrogens is 253 g/mol. The molecule has 0 aromatic carbocycles. The lowest BCUT2D eigenvalue weighted by Gasteiger charge is -2.15. The van der Waals surface area contributed by atoms with Crippen LogP contribution in [-0.2, 0) is 11.3 Å². The van der Waals surface area contributed by atoms with E-state index in [1.165, 1.54) is 6.92 Å². The Kier molecular flexibility index (Phi) is 4.12. The van der Waals surface area contributed by atoms with Crippen LogP contribution in [-0.4, -0.2) is 24.4 Å². The van der Waals surface area contributed by atoms with Gasteiger partial charge in [0, 0.05) is 18.3 Å². The standard InChI is InChI=1S/C10H11F3N2O3/c1-5-6(9(16)17-2)4-15-7(3-14)8(5)18-10(11,12)13/h4H,3,14H2,1-2H3. The van der Waals surface area contributed by atoms with Crippen molar-refractivity contribution >= 4 is 5.97 Å². The third-order valence-electron chi connectivity index (χ3n) is 2.17. The Labute approximate surface area is 101 Å². The molecule has 100 valence electrons. The van der Waals surface area contributed by atoms with Gasteiger partial charge < -0.3 is 15.2 Å². The van der Waals surface area contributed by atoms with Crippen LogP contribution in [0.15, 0.2) is 6.20 Å². The third kappa shape index (κ3) is 3.10. The van der Waals surface area contributed by atoms with E-state index in [2.05, 4.69) is 14.5 Å². The lowest BCUT2D eigenvalue weighted by atomic mass is 10.1. The number of pyridine rings is 1. The highest BCUT2D eigenvalue weighted by atomic mass is 19.4. The first-order valence-corrected chi connectivity index (χ1v) is 4.82. The van der Waals surface area contributed by atoms with Crippen molar-refractivity contribution < 1.29 is 27.4 Å². The van der Waals surface area contributed by atoms with Crippen molar-refractivity contribution in [2.75, 3.05) is 7.11 Å². The van der Waals surface area contributed by atoms with Crippen LogP contribution in [0.1, 0.15) is 21.6 Å². The van der Waals surface area contributed by atoms with Crippen LogP contribution in [0.25, 0.3) is 0 Å². The average Bonchev–Trinajstić information content (AvgIpc) is 2.29. The molecule has 0 unspecified atom stereocenters. The summed E-state index contributed by atoms with van der Waals surface area (Å²) < 4.78 is 45.0. The van der Waals surface area contributed by atoms with Gasteiger partial charge in [-0.3, -0.25) is 4.98 Å². The molecule has 8 heteroatoms. The molecule has 0 saturated heterocycles. The lowest BCUT2D eigenvalue weighted by molar-refractivity contribution is -0.275. The molecule has 0 bridgehead atoms. The molecule has 0 aliphatic heterocycles. The second kappa shape index (κ2) is 5.21. The van der Waals surface area contributed by atoms with E-state index in [-0.39, 0.29) is 23.4 Å². The zero-order chi connectivity index (χ0) is 13.9. The molecule has 1 aromatic heterocycles. The maximum atomic E-state index is 12.2. The predicted molar refractivity (Wildman–Crippen MR) is 54.9 cm³/mol. The van der Waals surface area contributed by atoms with E-state index in [0.717, 1.165) is 13.3 Å². The highest BCUT2D eigenvalue weighted by Crippen LogP contribution is 2.30. The number of alkyl halides is 3. The molecule has 2 N–H and O–H groups in total. The topological polar surface area (TPSA) is 74.4 Å². The molecular formula is C10H11F3N2O3. The Morgan fingerprint density at radius 3 is 2.56 bits per heavy atom. The van der Waals surface area contributed by atoms with Crippen molar-refractivity contribution in [3.05, 3.63) is 23.0 Å². The molecule has 0 amide bonds. The maximum absolute atomic E-state index is 12.2. The number of aromatic nitrogens is 1. The minimum absolute atomic E-state index is 0.0189. The van der Waals surface area contributed by atoms with Gasteiger partial charge in [0.25, 0.3) is 0 Å². The maximum Gasteiger partial charge on any atom is 0.573 e. The summed E-state index contributed by atoms with van der Waals surface area (Å²) in [5.74, 6) is -1.36. The Bertz CT molecular complexity index is 460. The van der Waals surface area contributed by atoms with Gasteiger partial charge in [-0.1, -0.05) is 0 Å². The highest BCUT2D eigenvalue weighted by molar-refractivity contribution is 5.91. The predicted octanol–water partition coefficient (Wildman–Crippen LogP) is 1.53. The second-order valence-corrected chi connectivity index (χ2v) is 3.32. The first kappa shape index (κ1) is 14.2. The number of rotatable bonds is 3. The molecule has 0 saturated carbocycles. The average molecular weight is 264 g/mol. The molecule has 5 nitrogen and oxygen atoms in total. The van der Waals surface area contributed by atoms with Crippen molar-refractivity contribution in [2.45, 2.75) is 19.8 Å². The van der Waals surface area contributed by atoms with Crippen LogP contribution < -0.4 is 10.5 Å². The quantitative estimate of drug-likeness (QED) is 0.838. The van der Waals surface area contributed by atoms with E-state index in [9.17, 15) is 18.0 Å². The van der Waals surface area contributed by atoms with Gasteiger partial charge in [0.2, 0.25) is 0 Å². The minimum Gasteiger partial charge on any atom is -0.465 e. The van der Waals surface area contributed by atoms with Gasteiger partial charge in [-0.05, 0) is 6.92 Å². The zero-order valence-corrected chi connectivity index (χ0v) is 9.67. The number of ether oxygens (including phenoxy) is 2. The molecule has 0 aliphatic carbocycles. The molecule has 0 fully saturated rings. The van der Waals surface area contributed by atoms with Gasteiger partial charge in [-0.2, -0.15) is 0 Å². The molecule has 0 atom stereocenters. The van der Waals surface area contributed by atoms with Crippen LogP contribution in [0, 0.1) is 6.92 Å². The Hall–Kier alpha value is -1.83. The number of nitrogens with two attached hydrogens (primary N) is 1. The fourth-order valence-corrected chi connectivity index (χ4v) is 1.35. The summed E-state index contributed by atoms with van der Waals surface area (Å²) in [6, 6.07) is 0. The normalized spacial score (nSPS) is 11.2. The summed E-state index contributed by atoms with van der Waals surface area (Å²) >= 11 is 0. The fourth-order valence-electron chi connectivity index (χ4n) is 1.35. The second-order valence-electron chi connectivity index (χ2n) is 3.32. The minimum atomic E-state index is -4.88. The van der Waals surface area contributed by atoms with Gasteiger partial charge in [0.05, 0.1) is 18.4 Å². The third-order valence-corrected chi connectivity index (χ3v) is 2.17. The number of nitrogens with zero attached hydrogens (tertiary/aromatic N) is 1. The number of halogens is 3. The summed E-state index contributed by atoms with van der Waals surface area (Å²) in [6.07, 6.45) is -3.78. The summed E-state index contributed by atoms with van der Waals surface area (Å²) in [5, 5.41) is 0. The molecule has 1 heterocycles. The van der Waals surface area contributed by atoms with Gasteiger partial charge in [0.1, 0.15) is 0 Å². The number of hydrogen-bond acceptors (Lipinski definition) is 5. The van der Waals surface area contributed by atoms with Crippen LogP contribution in [0.4, 0.5) is 13.2 Å². The van der Waals surface area contributed by atoms with Gasteiger partial charge in [-0.25, -0.2) is 4.79 Å². The van der Waals surface area contributed by atoms with E-state index < -0.39 is 18.1 Å². The Morgan fingerprint density at radius 1 is 1.50 bits per heavy atom. The van der Waals surface area contributed by atoms with Crippen molar-refractivity contribution in [1.29, 1.82) is 0 Å². The number of carbonyl (C=O) groups is 1. The van der Waals surface area contributed by atoms with E-state index >= 15 is 0 Å². The SMILES string of the molecule is COC(=O)c1cnc(CN)c(OC(F)(F)F)c1C. The Balaban J connectivity index is 3.31. The number of carbonyl (C=O) groups excluding carboxylic acids is 1. The van der Waals surface area contributed by atoms with Crippen LogP contribution >= 0.6 is 0 Å². The van der Waals surface area contributed by atoms with Gasteiger partial charge in [0.15, 0.2) is 5.75 Å². The first-order valence-electron chi connectivity index (χ1n) is 4.82. The first-order chi connectivity index (χ1) is 8.30. The van der Waals surface area contributed by atoms with Crippen LogP contribution in [0.5, 0.6) is 5.75 Å². The zero-order valence-electron chi connectivity index (χ0n) is 9.67. The largest absolute Gasteiger partial charge is 0.573 e. The Morgan fingerprint density at radius 2 is 2.11 bits per heavy atom. The number of esters is 1. The monoisotopic (exact) mass is 264 g/mol. The summed E-state index contributed by atoms with van der Waals surface area (Å²) in [6.45, 7) is 1.06. The lowest BCUT2D eigenvalue weighted by Crippen LogP contribution is -2.21. The van der Waals surface area contributed by atoms with E-state index in [1.807, 2.05) is 0 Å². The summed E-state index contributed by atoms with van der Waals surface area (Å²) in [5.41, 5.74) is 5.06. The summed E-state index contributed by atoms with van der Waals surface area (Å²) in [7, 11) is 1.11. The van der Waals surface area contributed by atoms with E-state index in [4.69, 9.17) is 5.73 Å². The molecule has 1 aromatic rings. The van der Waals surface area contributed by atoms with Gasteiger partial charge >= 0.3 is 12.3 Å². The molecule has 1 rings (SSSR count). The van der Waals surface area contributed by atoms with Crippen molar-refractivity contribution in [2.24, 2.45) is 5.73 Å². The molecule has 0 radical (unpaired) electrons. The van der Waals surface area contributed by atoms with Crippen molar-refractivity contribution in [1.82, 2.24) is 4.98 Å². The van der Waals surface area contributed by atoms with Crippen molar-refractivity contribution in [3.63, 3.8) is 0 Å². The molecule has 18 heavy (non-hydrogen) atoms. The number of hydrogen-bond donors (Lipinski definition) is 1. The molecule has 0 aliphatic rings. The van der Waals surface area contributed by atoms with E-state index in [1.54, 1.807) is 0 Å². The highest BCUT2D eigenvalue weighted by Gasteiger charge is 2.34. The van der Waals surface area contributed by atoms with E-state index in [0.29, 0.717) is 0 Å². The van der Waals surface area contributed by atoms with Crippen LogP contribution in [0.2, 0.25) is 0 Å². The van der Waals surface area contributed by atoms with Gasteiger partial charge in [-0.15, -0.1) is 13.2 Å². The van der Waals surface area contributed by atoms with Crippen molar-refractivity contribution in [3.8, 4) is 5.75 Å².